The Balaban J connectivity index is 1.33. The zero-order chi connectivity index (χ0) is 23.3. The zero-order valence-corrected chi connectivity index (χ0v) is 20.4. The number of hydrogen-bond donors (Lipinski definition) is 0. The van der Waals surface area contributed by atoms with Crippen LogP contribution in [0.3, 0.4) is 0 Å². The van der Waals surface area contributed by atoms with Crippen LogP contribution in [0.4, 0.5) is 0 Å². The molecule has 0 radical (unpaired) electrons. The molecule has 0 N–H and O–H groups in total. The Morgan fingerprint density at radius 1 is 0.818 bits per heavy atom. The minimum atomic E-state index is -3.60. The van der Waals surface area contributed by atoms with Gasteiger partial charge in [-0.05, 0) is 43.4 Å². The zero-order valence-electron chi connectivity index (χ0n) is 19.6. The molecule has 8 heteroatoms. The van der Waals surface area contributed by atoms with E-state index in [0.717, 1.165) is 32.1 Å². The number of hydrogen-bond acceptors (Lipinski definition) is 4. The summed E-state index contributed by atoms with van der Waals surface area (Å²) in [5.41, 5.74) is 0.395. The summed E-state index contributed by atoms with van der Waals surface area (Å²) < 4.78 is 27.8. The molecule has 1 aliphatic carbocycles. The fourth-order valence-electron chi connectivity index (χ4n) is 5.35. The third kappa shape index (κ3) is 5.96. The number of benzene rings is 1. The molecule has 0 bridgehead atoms. The SMILES string of the molecule is O=C(CCC1CCCC1)N1CCN(C(=O)c2cccc(S(=O)(=O)N3CCCCCC3)c2)CC1. The summed E-state index contributed by atoms with van der Waals surface area (Å²) in [6.45, 7) is 3.13. The maximum atomic E-state index is 13.1. The van der Waals surface area contributed by atoms with Crippen LogP contribution in [0, 0.1) is 5.92 Å². The predicted molar refractivity (Wildman–Crippen MR) is 127 cm³/mol. The molecule has 1 saturated carbocycles. The molecule has 4 rings (SSSR count). The van der Waals surface area contributed by atoms with Crippen LogP contribution in [0.2, 0.25) is 0 Å². The third-order valence-electron chi connectivity index (χ3n) is 7.44. The number of carbonyl (C=O) groups is 2. The minimum Gasteiger partial charge on any atom is -0.339 e. The fourth-order valence-corrected chi connectivity index (χ4v) is 6.91. The van der Waals surface area contributed by atoms with E-state index >= 15 is 0 Å². The molecule has 0 spiro atoms. The predicted octanol–water partition coefficient (Wildman–Crippen LogP) is 3.51. The number of sulfonamides is 1. The first-order valence-corrected chi connectivity index (χ1v) is 14.1. The Kier molecular flexibility index (Phi) is 8.07. The van der Waals surface area contributed by atoms with Crippen LogP contribution >= 0.6 is 0 Å². The van der Waals surface area contributed by atoms with Crippen LogP contribution < -0.4 is 0 Å². The van der Waals surface area contributed by atoms with Crippen LogP contribution in [0.5, 0.6) is 0 Å². The second-order valence-corrected chi connectivity index (χ2v) is 11.6. The normalized spacial score (nSPS) is 21.2. The molecule has 3 fully saturated rings. The van der Waals surface area contributed by atoms with Crippen molar-refractivity contribution in [2.75, 3.05) is 39.3 Å². The van der Waals surface area contributed by atoms with Gasteiger partial charge >= 0.3 is 0 Å². The van der Waals surface area contributed by atoms with Gasteiger partial charge in [-0.25, -0.2) is 8.42 Å². The summed E-state index contributed by atoms with van der Waals surface area (Å²) in [6, 6.07) is 6.43. The topological polar surface area (TPSA) is 78.0 Å². The molecule has 1 aromatic carbocycles. The van der Waals surface area contributed by atoms with Crippen molar-refractivity contribution in [3.8, 4) is 0 Å². The van der Waals surface area contributed by atoms with E-state index in [-0.39, 0.29) is 16.7 Å². The number of nitrogens with zero attached hydrogens (tertiary/aromatic N) is 3. The monoisotopic (exact) mass is 475 g/mol. The smallest absolute Gasteiger partial charge is 0.254 e. The summed E-state index contributed by atoms with van der Waals surface area (Å²) in [7, 11) is -3.60. The average molecular weight is 476 g/mol. The van der Waals surface area contributed by atoms with Crippen LogP contribution in [0.25, 0.3) is 0 Å². The molecule has 1 aromatic rings. The lowest BCUT2D eigenvalue weighted by molar-refractivity contribution is -0.133. The maximum Gasteiger partial charge on any atom is 0.254 e. The highest BCUT2D eigenvalue weighted by molar-refractivity contribution is 7.89. The summed E-state index contributed by atoms with van der Waals surface area (Å²) in [5, 5.41) is 0. The van der Waals surface area contributed by atoms with Crippen molar-refractivity contribution in [3.63, 3.8) is 0 Å². The minimum absolute atomic E-state index is 0.166. The Labute approximate surface area is 198 Å². The Morgan fingerprint density at radius 3 is 2.12 bits per heavy atom. The van der Waals surface area contributed by atoms with Crippen molar-refractivity contribution < 1.29 is 18.0 Å². The van der Waals surface area contributed by atoms with Crippen LogP contribution in [0.1, 0.15) is 74.6 Å². The van der Waals surface area contributed by atoms with E-state index in [9.17, 15) is 18.0 Å². The summed E-state index contributed by atoms with van der Waals surface area (Å²) >= 11 is 0. The Bertz CT molecular complexity index is 927. The van der Waals surface area contributed by atoms with Crippen LogP contribution in [-0.4, -0.2) is 73.6 Å². The molecular weight excluding hydrogens is 438 g/mol. The largest absolute Gasteiger partial charge is 0.339 e. The van der Waals surface area contributed by atoms with Gasteiger partial charge in [0.15, 0.2) is 0 Å². The van der Waals surface area contributed by atoms with E-state index in [1.165, 1.54) is 31.7 Å². The molecule has 2 amide bonds. The number of carbonyl (C=O) groups excluding carboxylic acids is 2. The van der Waals surface area contributed by atoms with Gasteiger partial charge in [0.2, 0.25) is 15.9 Å². The molecule has 7 nitrogen and oxygen atoms in total. The van der Waals surface area contributed by atoms with Crippen molar-refractivity contribution in [1.82, 2.24) is 14.1 Å². The van der Waals surface area contributed by atoms with Crippen molar-refractivity contribution >= 4 is 21.8 Å². The van der Waals surface area contributed by atoms with Crippen LogP contribution in [0.15, 0.2) is 29.2 Å². The van der Waals surface area contributed by atoms with Gasteiger partial charge in [-0.2, -0.15) is 4.31 Å². The van der Waals surface area contributed by atoms with E-state index in [1.54, 1.807) is 27.4 Å². The quantitative estimate of drug-likeness (QED) is 0.631. The van der Waals surface area contributed by atoms with Gasteiger partial charge in [0.1, 0.15) is 0 Å². The number of rotatable bonds is 6. The van der Waals surface area contributed by atoms with Gasteiger partial charge in [-0.15, -0.1) is 0 Å². The Hall–Kier alpha value is -1.93. The van der Waals surface area contributed by atoms with Crippen LogP contribution in [-0.2, 0) is 14.8 Å². The maximum absolute atomic E-state index is 13.1. The lowest BCUT2D eigenvalue weighted by atomic mass is 10.0. The molecule has 2 aliphatic heterocycles. The highest BCUT2D eigenvalue weighted by Crippen LogP contribution is 2.29. The number of piperazine rings is 1. The summed E-state index contributed by atoms with van der Waals surface area (Å²) in [6.07, 6.45) is 10.5. The summed E-state index contributed by atoms with van der Waals surface area (Å²) in [4.78, 5) is 29.5. The molecule has 3 aliphatic rings. The van der Waals surface area contributed by atoms with Crippen molar-refractivity contribution in [3.05, 3.63) is 29.8 Å². The molecule has 0 aromatic heterocycles. The highest BCUT2D eigenvalue weighted by Gasteiger charge is 2.28. The standard InChI is InChI=1S/C25H37N3O4S/c29-24(13-12-21-8-3-4-9-21)26-16-18-27(19-17-26)25(30)22-10-7-11-23(20-22)33(31,32)28-14-5-1-2-6-15-28/h7,10-11,20-21H,1-6,8-9,12-19H2. The average Bonchev–Trinajstić information content (AvgIpc) is 3.21. The first-order valence-electron chi connectivity index (χ1n) is 12.6. The number of amides is 2. The lowest BCUT2D eigenvalue weighted by Crippen LogP contribution is -2.50. The molecule has 2 heterocycles. The van der Waals surface area contributed by atoms with E-state index in [1.807, 2.05) is 4.90 Å². The van der Waals surface area contributed by atoms with E-state index < -0.39 is 10.0 Å². The Morgan fingerprint density at radius 2 is 1.45 bits per heavy atom. The highest BCUT2D eigenvalue weighted by atomic mass is 32.2. The molecule has 0 unspecified atom stereocenters. The molecule has 33 heavy (non-hydrogen) atoms. The van der Waals surface area contributed by atoms with Crippen molar-refractivity contribution in [2.45, 2.75) is 69.1 Å². The van der Waals surface area contributed by atoms with Crippen molar-refractivity contribution in [2.24, 2.45) is 5.92 Å². The molecule has 0 atom stereocenters. The van der Waals surface area contributed by atoms with Gasteiger partial charge in [0.25, 0.3) is 5.91 Å². The van der Waals surface area contributed by atoms with Gasteiger partial charge < -0.3 is 9.80 Å². The van der Waals surface area contributed by atoms with Gasteiger partial charge in [-0.1, -0.05) is 44.6 Å². The van der Waals surface area contributed by atoms with E-state index in [2.05, 4.69) is 0 Å². The molecule has 182 valence electrons. The first-order chi connectivity index (χ1) is 15.9. The molecular formula is C25H37N3O4S. The van der Waals surface area contributed by atoms with E-state index in [0.29, 0.717) is 57.2 Å². The van der Waals surface area contributed by atoms with Gasteiger partial charge in [-0.3, -0.25) is 9.59 Å². The lowest BCUT2D eigenvalue weighted by Gasteiger charge is -2.35. The first kappa shape index (κ1) is 24.2. The van der Waals surface area contributed by atoms with E-state index in [4.69, 9.17) is 0 Å². The second kappa shape index (κ2) is 11.0. The second-order valence-electron chi connectivity index (χ2n) is 9.71. The van der Waals surface area contributed by atoms with Gasteiger partial charge in [0, 0.05) is 51.3 Å². The summed E-state index contributed by atoms with van der Waals surface area (Å²) in [5.74, 6) is 0.732. The van der Waals surface area contributed by atoms with Crippen molar-refractivity contribution in [1.29, 1.82) is 0 Å². The third-order valence-corrected chi connectivity index (χ3v) is 9.34. The van der Waals surface area contributed by atoms with Gasteiger partial charge in [0.05, 0.1) is 4.90 Å². The molecule has 2 saturated heterocycles. The fraction of sp³-hybridized carbons (Fsp3) is 0.680.